The van der Waals surface area contributed by atoms with Crippen molar-refractivity contribution >= 4 is 94.4 Å². The molecule has 0 radical (unpaired) electrons. The average molecular weight is 1220 g/mol. The number of aromatic hydroxyl groups is 1. The summed E-state index contributed by atoms with van der Waals surface area (Å²) in [4.78, 5) is 159. The summed E-state index contributed by atoms with van der Waals surface area (Å²) in [7, 11) is 0. The van der Waals surface area contributed by atoms with Crippen LogP contribution in [0.25, 0.3) is 0 Å². The summed E-state index contributed by atoms with van der Waals surface area (Å²) in [6, 6.07) is 12.2. The molecule has 27 heteroatoms. The van der Waals surface area contributed by atoms with Crippen molar-refractivity contribution in [3.8, 4) is 5.75 Å². The lowest BCUT2D eigenvalue weighted by Crippen LogP contribution is -2.60. The number of carboxylic acid groups (broad SMARTS) is 2. The van der Waals surface area contributed by atoms with Crippen molar-refractivity contribution in [3.63, 3.8) is 0 Å². The number of carboxylic acids is 2. The van der Waals surface area contributed by atoms with Crippen LogP contribution in [-0.4, -0.2) is 147 Å². The fourth-order valence-electron chi connectivity index (χ4n) is 8.32. The molecule has 0 heterocycles. The highest BCUT2D eigenvalue weighted by Crippen LogP contribution is 2.25. The summed E-state index contributed by atoms with van der Waals surface area (Å²) in [5, 5.41) is 51.8. The quantitative estimate of drug-likeness (QED) is 0.0366. The number of carbonyl (C=O) groups is 12. The summed E-state index contributed by atoms with van der Waals surface area (Å²) in [6.07, 6.45) is -1.78. The number of halogens is 1. The van der Waals surface area contributed by atoms with E-state index < -0.39 is 150 Å². The Balaban J connectivity index is 1.91. The van der Waals surface area contributed by atoms with Gasteiger partial charge >= 0.3 is 11.9 Å². The number of carbonyl (C=O) groups excluding carboxylic acids is 10. The highest BCUT2D eigenvalue weighted by atomic mass is 35.5. The van der Waals surface area contributed by atoms with Crippen molar-refractivity contribution in [1.82, 2.24) is 47.9 Å². The number of amides is 10. The lowest BCUT2D eigenvalue weighted by Gasteiger charge is -2.28. The van der Waals surface area contributed by atoms with E-state index in [9.17, 15) is 72.9 Å². The molecule has 0 aromatic heterocycles. The van der Waals surface area contributed by atoms with Gasteiger partial charge in [-0.15, -0.1) is 11.8 Å². The molecule has 0 unspecified atom stereocenters. The second-order valence-electron chi connectivity index (χ2n) is 21.2. The molecule has 0 saturated carbocycles. The van der Waals surface area contributed by atoms with Crippen molar-refractivity contribution in [3.05, 3.63) is 101 Å². The first-order valence-electron chi connectivity index (χ1n) is 27.7. The van der Waals surface area contributed by atoms with Crippen molar-refractivity contribution in [2.75, 3.05) is 19.6 Å². The Labute approximate surface area is 502 Å². The zero-order chi connectivity index (χ0) is 63.3. The number of primary amides is 1. The SMILES string of the molecule is CC(C)C[C@H](NC(=O)[C@@H](NC(=O)CNC(=O)c1ccccc1)C(C)C)C(=O)N[C@@H](CCCCNC(=O)C[C@H](SCc1ccccc1Cl)C(=O)O)C(=O)N[C@@H](CCC(=O)O)C(=O)N[C@@H](Cc1ccc(O)cc1)C(=O)NCC(=O)N[C@H](C(N)=O)C(C)C. The maximum atomic E-state index is 14.5. The molecule has 3 aromatic carbocycles. The third kappa shape index (κ3) is 26.5. The number of phenolic OH excluding ortho intramolecular Hbond substituents is 1. The standard InChI is InChI=1S/C58H79ClN10O15S/c1-32(2)26-42(67-57(82)50(34(5)6)69-47(73)29-62-52(77)36-14-8-7-9-15-36)56(81)64-40(18-12-13-25-61-45(71)28-44(58(83)84)85-31-37-16-10-11-17-39(37)59)54(79)65-41(23-24-48(74)75)55(80)66-43(27-35-19-21-38(70)22-20-35)53(78)63-30-46(72)68-49(33(3)4)51(60)76/h7-11,14-17,19-22,32-34,40-44,49-50,70H,12-13,18,23-31H2,1-6H3,(H2,60,76)(H,61,71)(H,62,77)(H,63,78)(H,64,81)(H,65,79)(H,66,80)(H,67,82)(H,68,72)(H,69,73)(H,74,75)(H,83,84)/t40-,41-,42-,43-,44-,49-,50-/m0/s1. The molecule has 7 atom stereocenters. The number of benzene rings is 3. The predicted octanol–water partition coefficient (Wildman–Crippen LogP) is 1.81. The Kier molecular flexibility index (Phi) is 30.4. The molecule has 0 aliphatic rings. The minimum absolute atomic E-state index is 0.00778. The maximum Gasteiger partial charge on any atom is 0.317 e. The van der Waals surface area contributed by atoms with Crippen LogP contribution in [0, 0.1) is 17.8 Å². The Morgan fingerprint density at radius 2 is 1.11 bits per heavy atom. The van der Waals surface area contributed by atoms with Crippen molar-refractivity contribution in [2.24, 2.45) is 23.5 Å². The predicted molar refractivity (Wildman–Crippen MR) is 316 cm³/mol. The molecule has 0 spiro atoms. The number of aliphatic carboxylic acids is 2. The van der Waals surface area contributed by atoms with Crippen LogP contribution in [0.15, 0.2) is 78.9 Å². The minimum atomic E-state index is -1.69. The van der Waals surface area contributed by atoms with E-state index >= 15 is 0 Å². The van der Waals surface area contributed by atoms with Gasteiger partial charge < -0.3 is 68.9 Å². The Bertz CT molecular complexity index is 2790. The van der Waals surface area contributed by atoms with Gasteiger partial charge in [-0.2, -0.15) is 0 Å². The fourth-order valence-corrected chi connectivity index (χ4v) is 9.65. The van der Waals surface area contributed by atoms with E-state index in [-0.39, 0.29) is 62.5 Å². The summed E-state index contributed by atoms with van der Waals surface area (Å²) in [6.45, 7) is 8.93. The van der Waals surface area contributed by atoms with Gasteiger partial charge in [0, 0.05) is 42.1 Å². The molecular weight excluding hydrogens is 1140 g/mol. The topological polar surface area (TPSA) is 400 Å². The van der Waals surface area contributed by atoms with E-state index in [1.54, 1.807) is 96.1 Å². The highest BCUT2D eigenvalue weighted by Gasteiger charge is 2.34. The normalized spacial score (nSPS) is 13.5. The number of thioether (sulfide) groups is 1. The second kappa shape index (κ2) is 36.4. The van der Waals surface area contributed by atoms with Crippen LogP contribution in [-0.2, 0) is 64.9 Å². The molecule has 0 aliphatic heterocycles. The minimum Gasteiger partial charge on any atom is -0.508 e. The van der Waals surface area contributed by atoms with Gasteiger partial charge in [-0.25, -0.2) is 0 Å². The highest BCUT2D eigenvalue weighted by molar-refractivity contribution is 7.99. The number of nitrogens with one attached hydrogen (secondary N) is 9. The first-order valence-corrected chi connectivity index (χ1v) is 29.1. The molecule has 0 bridgehead atoms. The van der Waals surface area contributed by atoms with Crippen LogP contribution in [0.2, 0.25) is 5.02 Å². The van der Waals surface area contributed by atoms with Crippen LogP contribution in [0.5, 0.6) is 5.75 Å². The molecule has 0 saturated heterocycles. The molecule has 0 aliphatic carbocycles. The summed E-state index contributed by atoms with van der Waals surface area (Å²) in [5.74, 6) is -11.7. The monoisotopic (exact) mass is 1220 g/mol. The van der Waals surface area contributed by atoms with Gasteiger partial charge in [-0.3, -0.25) is 57.5 Å². The van der Waals surface area contributed by atoms with Gasteiger partial charge in [0.1, 0.15) is 47.3 Å². The zero-order valence-corrected chi connectivity index (χ0v) is 49.9. The number of rotatable bonds is 37. The molecule has 10 amide bonds. The average Bonchev–Trinajstić information content (AvgIpc) is 3.63. The molecule has 3 aromatic rings. The molecular formula is C58H79ClN10O15S. The van der Waals surface area contributed by atoms with Crippen LogP contribution in [0.4, 0.5) is 0 Å². The largest absolute Gasteiger partial charge is 0.508 e. The van der Waals surface area contributed by atoms with E-state index in [1.165, 1.54) is 24.3 Å². The smallest absolute Gasteiger partial charge is 0.317 e. The lowest BCUT2D eigenvalue weighted by atomic mass is 9.99. The molecule has 85 heavy (non-hydrogen) atoms. The Morgan fingerprint density at radius 3 is 1.67 bits per heavy atom. The number of hydrogen-bond acceptors (Lipinski definition) is 14. The van der Waals surface area contributed by atoms with Gasteiger partial charge in [0.15, 0.2) is 0 Å². The zero-order valence-electron chi connectivity index (χ0n) is 48.4. The second-order valence-corrected chi connectivity index (χ2v) is 22.8. The van der Waals surface area contributed by atoms with Crippen molar-refractivity contribution < 1.29 is 72.9 Å². The third-order valence-corrected chi connectivity index (χ3v) is 14.6. The molecule has 0 fully saturated rings. The Hall–Kier alpha value is -8.26. The van der Waals surface area contributed by atoms with Gasteiger partial charge in [0.25, 0.3) is 5.91 Å². The number of unbranched alkanes of at least 4 members (excludes halogenated alkanes) is 1. The maximum absolute atomic E-state index is 14.5. The molecule has 25 nitrogen and oxygen atoms in total. The van der Waals surface area contributed by atoms with E-state index in [0.29, 0.717) is 21.7 Å². The van der Waals surface area contributed by atoms with Crippen LogP contribution in [0.3, 0.4) is 0 Å². The van der Waals surface area contributed by atoms with E-state index in [2.05, 4.69) is 47.9 Å². The van der Waals surface area contributed by atoms with Crippen LogP contribution < -0.4 is 53.6 Å². The van der Waals surface area contributed by atoms with Gasteiger partial charge in [0.05, 0.1) is 13.1 Å². The first-order chi connectivity index (χ1) is 40.1. The first kappa shape index (κ1) is 71.0. The summed E-state index contributed by atoms with van der Waals surface area (Å²) >= 11 is 7.26. The van der Waals surface area contributed by atoms with E-state index in [0.717, 1.165) is 11.8 Å². The number of phenols is 1. The van der Waals surface area contributed by atoms with Gasteiger partial charge in [-0.05, 0) is 91.3 Å². The molecule has 3 rings (SSSR count). The number of nitrogens with two attached hydrogens (primary N) is 1. The van der Waals surface area contributed by atoms with Crippen LogP contribution >= 0.6 is 23.4 Å². The van der Waals surface area contributed by atoms with Gasteiger partial charge in [0.2, 0.25) is 53.2 Å². The number of hydrogen-bond donors (Lipinski definition) is 13. The third-order valence-electron chi connectivity index (χ3n) is 13.0. The fraction of sp³-hybridized carbons (Fsp3) is 0.483. The summed E-state index contributed by atoms with van der Waals surface area (Å²) < 4.78 is 0. The van der Waals surface area contributed by atoms with Crippen LogP contribution in [0.1, 0.15) is 108 Å². The lowest BCUT2D eigenvalue weighted by molar-refractivity contribution is -0.139. The molecule has 14 N–H and O–H groups in total. The van der Waals surface area contributed by atoms with E-state index in [4.69, 9.17) is 17.3 Å². The van der Waals surface area contributed by atoms with Crippen molar-refractivity contribution in [2.45, 2.75) is 140 Å². The Morgan fingerprint density at radius 1 is 0.565 bits per heavy atom. The van der Waals surface area contributed by atoms with E-state index in [1.807, 2.05) is 0 Å². The molecule has 464 valence electrons. The van der Waals surface area contributed by atoms with Crippen molar-refractivity contribution in [1.29, 1.82) is 0 Å². The van der Waals surface area contributed by atoms with Gasteiger partial charge in [-0.1, -0.05) is 102 Å². The summed E-state index contributed by atoms with van der Waals surface area (Å²) in [5.41, 5.74) is 6.82.